The molecule has 2 heterocycles. The highest BCUT2D eigenvalue weighted by molar-refractivity contribution is 6.08. The summed E-state index contributed by atoms with van der Waals surface area (Å²) < 4.78 is 65.7. The summed E-state index contributed by atoms with van der Waals surface area (Å²) in [6, 6.07) is 3.04. The molecule has 8 nitrogen and oxygen atoms in total. The minimum absolute atomic E-state index is 0.000956. The van der Waals surface area contributed by atoms with Gasteiger partial charge in [-0.25, -0.2) is 4.79 Å². The van der Waals surface area contributed by atoms with Crippen LogP contribution in [-0.4, -0.2) is 60.9 Å². The van der Waals surface area contributed by atoms with Gasteiger partial charge in [0.1, 0.15) is 5.70 Å². The Hall–Kier alpha value is -3.02. The van der Waals surface area contributed by atoms with Gasteiger partial charge < -0.3 is 29.5 Å². The number of alkyl halides is 4. The quantitative estimate of drug-likeness (QED) is 0.562. The molecule has 1 aromatic rings. The number of carbonyl (C=O) groups excluding carboxylic acids is 2. The van der Waals surface area contributed by atoms with E-state index >= 15 is 0 Å². The lowest BCUT2D eigenvalue weighted by Gasteiger charge is -2.32. The first-order valence-corrected chi connectivity index (χ1v) is 7.86. The number of esters is 1. The van der Waals surface area contributed by atoms with Crippen LogP contribution in [0.3, 0.4) is 0 Å². The highest BCUT2D eigenvalue weighted by atomic mass is 19.3. The van der Waals surface area contributed by atoms with Crippen LogP contribution < -0.4 is 14.8 Å². The largest absolute Gasteiger partial charge is 0.507 e. The number of benzene rings is 1. The zero-order valence-electron chi connectivity index (χ0n) is 14.3. The number of aliphatic hydroxyl groups is 1. The number of β-amino-alcohol motifs (C(OH)–C–C–N with tert-alkyl or cyclic N) is 1. The van der Waals surface area contributed by atoms with E-state index in [1.54, 1.807) is 0 Å². The van der Waals surface area contributed by atoms with Gasteiger partial charge in [0.05, 0.1) is 25.8 Å². The van der Waals surface area contributed by atoms with E-state index in [-0.39, 0.29) is 36.7 Å². The number of aliphatic hydroxyl groups excluding tert-OH is 1. The maximum atomic E-state index is 13.3. The number of nitrogens with one attached hydrogen (secondary N) is 1. The molecule has 152 valence electrons. The van der Waals surface area contributed by atoms with Crippen molar-refractivity contribution in [2.75, 3.05) is 32.1 Å². The Kier molecular flexibility index (Phi) is 4.83. The number of nitrogens with zero attached hydrogens (tertiary/aromatic N) is 1. The van der Waals surface area contributed by atoms with Crippen molar-refractivity contribution in [2.24, 2.45) is 0 Å². The number of methoxy groups -OCH3 is 1. The molecule has 0 fully saturated rings. The van der Waals surface area contributed by atoms with Gasteiger partial charge in [0.15, 0.2) is 11.5 Å². The fourth-order valence-electron chi connectivity index (χ4n) is 2.64. The van der Waals surface area contributed by atoms with Crippen molar-refractivity contribution < 1.29 is 46.5 Å². The summed E-state index contributed by atoms with van der Waals surface area (Å²) >= 11 is 0. The van der Waals surface area contributed by atoms with E-state index in [1.807, 2.05) is 0 Å². The Morgan fingerprint density at radius 1 is 1.25 bits per heavy atom. The molecule has 0 atom stereocenters. The predicted molar refractivity (Wildman–Crippen MR) is 83.9 cm³/mol. The van der Waals surface area contributed by atoms with Crippen LogP contribution in [0, 0.1) is 0 Å². The van der Waals surface area contributed by atoms with E-state index in [2.05, 4.69) is 19.5 Å². The van der Waals surface area contributed by atoms with Crippen LogP contribution >= 0.6 is 0 Å². The molecule has 0 unspecified atom stereocenters. The van der Waals surface area contributed by atoms with Gasteiger partial charge >= 0.3 is 18.2 Å². The maximum Gasteiger partial charge on any atom is 0.507 e. The molecule has 2 aliphatic heterocycles. The summed E-state index contributed by atoms with van der Waals surface area (Å²) in [5.41, 5.74) is -0.249. The SMILES string of the molecule is COC(=O)C1=C(Nc2ccc3c(c2)OC(F)(F)C(F)(F)O3)C(=O)N(CCO)C1. The van der Waals surface area contributed by atoms with Crippen LogP contribution in [0.25, 0.3) is 0 Å². The minimum atomic E-state index is -4.89. The highest BCUT2D eigenvalue weighted by Crippen LogP contribution is 2.47. The number of anilines is 1. The van der Waals surface area contributed by atoms with E-state index < -0.39 is 35.6 Å². The number of halogens is 4. The van der Waals surface area contributed by atoms with E-state index in [1.165, 1.54) is 11.0 Å². The Morgan fingerprint density at radius 2 is 1.89 bits per heavy atom. The molecule has 0 bridgehead atoms. The van der Waals surface area contributed by atoms with Crippen LogP contribution in [0.15, 0.2) is 29.5 Å². The first-order valence-electron chi connectivity index (χ1n) is 7.86. The van der Waals surface area contributed by atoms with E-state index in [9.17, 15) is 27.2 Å². The Balaban J connectivity index is 1.91. The second-order valence-corrected chi connectivity index (χ2v) is 5.82. The average Bonchev–Trinajstić information content (AvgIpc) is 2.92. The monoisotopic (exact) mass is 406 g/mol. The number of fused-ring (bicyclic) bond motifs is 1. The molecule has 0 saturated carbocycles. The summed E-state index contributed by atoms with van der Waals surface area (Å²) in [6.45, 7) is -0.531. The molecule has 0 aromatic heterocycles. The van der Waals surface area contributed by atoms with Crippen molar-refractivity contribution in [2.45, 2.75) is 12.2 Å². The molecule has 0 saturated heterocycles. The fraction of sp³-hybridized carbons (Fsp3) is 0.375. The summed E-state index contributed by atoms with van der Waals surface area (Å²) in [4.78, 5) is 25.5. The van der Waals surface area contributed by atoms with Crippen LogP contribution in [0.2, 0.25) is 0 Å². The minimum Gasteiger partial charge on any atom is -0.466 e. The highest BCUT2D eigenvalue weighted by Gasteiger charge is 2.65. The molecule has 2 N–H and O–H groups in total. The number of amides is 1. The summed E-state index contributed by atoms with van der Waals surface area (Å²) in [5, 5.41) is 11.6. The van der Waals surface area contributed by atoms with Gasteiger partial charge in [-0.3, -0.25) is 4.79 Å². The maximum absolute atomic E-state index is 13.3. The van der Waals surface area contributed by atoms with Crippen molar-refractivity contribution in [3.8, 4) is 11.5 Å². The molecule has 28 heavy (non-hydrogen) atoms. The molecule has 12 heteroatoms. The van der Waals surface area contributed by atoms with Gasteiger partial charge in [-0.15, -0.1) is 0 Å². The van der Waals surface area contributed by atoms with Crippen LogP contribution in [0.4, 0.5) is 23.2 Å². The van der Waals surface area contributed by atoms with Crippen molar-refractivity contribution in [1.82, 2.24) is 4.90 Å². The third-order valence-corrected chi connectivity index (χ3v) is 3.98. The van der Waals surface area contributed by atoms with Gasteiger partial charge in [0, 0.05) is 18.3 Å². The van der Waals surface area contributed by atoms with Gasteiger partial charge in [-0.05, 0) is 12.1 Å². The standard InChI is InChI=1S/C16H14F4N2O6/c1-26-14(25)9-7-22(4-5-23)13(24)12(9)21-8-2-3-10-11(6-8)28-16(19,20)15(17,18)27-10/h2-3,6,21,23H,4-5,7H2,1H3. The third kappa shape index (κ3) is 3.30. The Labute approximate surface area is 155 Å². The van der Waals surface area contributed by atoms with Gasteiger partial charge in [0.25, 0.3) is 5.91 Å². The third-order valence-electron chi connectivity index (χ3n) is 3.98. The normalized spacial score (nSPS) is 19.6. The van der Waals surface area contributed by atoms with Crippen LogP contribution in [-0.2, 0) is 14.3 Å². The van der Waals surface area contributed by atoms with Crippen molar-refractivity contribution >= 4 is 17.6 Å². The van der Waals surface area contributed by atoms with E-state index in [4.69, 9.17) is 5.11 Å². The van der Waals surface area contributed by atoms with Crippen LogP contribution in [0.1, 0.15) is 0 Å². The number of carbonyl (C=O) groups is 2. The topological polar surface area (TPSA) is 97.3 Å². The second-order valence-electron chi connectivity index (χ2n) is 5.82. The van der Waals surface area contributed by atoms with Crippen molar-refractivity contribution in [1.29, 1.82) is 0 Å². The summed E-state index contributed by atoms with van der Waals surface area (Å²) in [5.74, 6) is -2.75. The Morgan fingerprint density at radius 3 is 2.50 bits per heavy atom. The number of rotatable bonds is 5. The van der Waals surface area contributed by atoms with Gasteiger partial charge in [-0.2, -0.15) is 17.6 Å². The summed E-state index contributed by atoms with van der Waals surface area (Å²) in [7, 11) is 1.11. The molecule has 0 spiro atoms. The molecule has 1 aromatic carbocycles. The lowest BCUT2D eigenvalue weighted by molar-refractivity contribution is -0.391. The Bertz CT molecular complexity index is 858. The zero-order chi connectivity index (χ0) is 20.7. The lowest BCUT2D eigenvalue weighted by atomic mass is 10.2. The second kappa shape index (κ2) is 6.86. The molecular weight excluding hydrogens is 392 g/mol. The summed E-state index contributed by atoms with van der Waals surface area (Å²) in [6.07, 6.45) is -9.74. The fourth-order valence-corrected chi connectivity index (χ4v) is 2.64. The van der Waals surface area contributed by atoms with Crippen molar-refractivity contribution in [3.63, 3.8) is 0 Å². The lowest BCUT2D eigenvalue weighted by Crippen LogP contribution is -2.52. The first-order chi connectivity index (χ1) is 13.1. The predicted octanol–water partition coefficient (Wildman–Crippen LogP) is 1.32. The molecule has 1 amide bonds. The van der Waals surface area contributed by atoms with Gasteiger partial charge in [-0.1, -0.05) is 0 Å². The first kappa shape index (κ1) is 19.7. The number of hydrogen-bond acceptors (Lipinski definition) is 7. The van der Waals surface area contributed by atoms with Crippen LogP contribution in [0.5, 0.6) is 11.5 Å². The smallest absolute Gasteiger partial charge is 0.466 e. The van der Waals surface area contributed by atoms with E-state index in [0.717, 1.165) is 19.2 Å². The van der Waals surface area contributed by atoms with Gasteiger partial charge in [0.2, 0.25) is 0 Å². The molecule has 0 radical (unpaired) electrons. The molecular formula is C16H14F4N2O6. The number of hydrogen-bond donors (Lipinski definition) is 2. The molecule has 3 rings (SSSR count). The molecule has 0 aliphatic carbocycles. The average molecular weight is 406 g/mol. The number of ether oxygens (including phenoxy) is 3. The van der Waals surface area contributed by atoms with E-state index in [0.29, 0.717) is 0 Å². The zero-order valence-corrected chi connectivity index (χ0v) is 14.3. The van der Waals surface area contributed by atoms with Crippen molar-refractivity contribution in [3.05, 3.63) is 29.5 Å². The molecule has 2 aliphatic rings.